The van der Waals surface area contributed by atoms with Gasteiger partial charge in [-0.15, -0.1) is 11.3 Å². The van der Waals surface area contributed by atoms with E-state index in [1.165, 1.54) is 0 Å². The molecule has 0 saturated carbocycles. The van der Waals surface area contributed by atoms with Gasteiger partial charge in [0.25, 0.3) is 11.5 Å². The van der Waals surface area contributed by atoms with Gasteiger partial charge in [-0.2, -0.15) is 5.26 Å². The number of carbonyl (C=O) groups is 1. The molecule has 2 aromatic heterocycles. The van der Waals surface area contributed by atoms with Crippen molar-refractivity contribution in [2.24, 2.45) is 5.73 Å². The second-order valence-corrected chi connectivity index (χ2v) is 8.36. The number of aryl methyl sites for hydroxylation is 1. The number of aromatic nitrogens is 2. The molecule has 7 nitrogen and oxygen atoms in total. The summed E-state index contributed by atoms with van der Waals surface area (Å²) in [6, 6.07) is 16.8. The maximum atomic E-state index is 13.5. The summed E-state index contributed by atoms with van der Waals surface area (Å²) in [5, 5.41) is 9.63. The van der Waals surface area contributed by atoms with Crippen molar-refractivity contribution in [3.05, 3.63) is 91.8 Å². The van der Waals surface area contributed by atoms with Crippen molar-refractivity contribution in [1.82, 2.24) is 9.55 Å². The average molecular weight is 445 g/mol. The van der Waals surface area contributed by atoms with Gasteiger partial charge in [0, 0.05) is 6.42 Å². The number of hydrogen-bond acceptors (Lipinski definition) is 6. The summed E-state index contributed by atoms with van der Waals surface area (Å²) in [6.45, 7) is 1.97. The van der Waals surface area contributed by atoms with E-state index in [1.54, 1.807) is 36.8 Å². The monoisotopic (exact) mass is 444 g/mol. The Morgan fingerprint density at radius 3 is 2.62 bits per heavy atom. The number of ether oxygens (including phenoxy) is 1. The molecular weight excluding hydrogens is 424 g/mol. The second-order valence-electron chi connectivity index (χ2n) is 7.36. The number of primary amides is 1. The summed E-state index contributed by atoms with van der Waals surface area (Å²) in [5.74, 6) is 0.727. The third kappa shape index (κ3) is 3.98. The number of nitriles is 1. The Kier molecular flexibility index (Phi) is 5.75. The number of methoxy groups -OCH3 is 1. The Morgan fingerprint density at radius 1 is 1.22 bits per heavy atom. The minimum absolute atomic E-state index is 0.234. The largest absolute Gasteiger partial charge is 0.497 e. The van der Waals surface area contributed by atoms with Crippen LogP contribution in [0, 0.1) is 18.3 Å². The van der Waals surface area contributed by atoms with Crippen molar-refractivity contribution in [1.29, 1.82) is 5.26 Å². The highest BCUT2D eigenvalue weighted by Crippen LogP contribution is 2.28. The van der Waals surface area contributed by atoms with Gasteiger partial charge < -0.3 is 10.5 Å². The fourth-order valence-electron chi connectivity index (χ4n) is 3.64. The van der Waals surface area contributed by atoms with Crippen LogP contribution in [0.4, 0.5) is 0 Å². The zero-order valence-corrected chi connectivity index (χ0v) is 18.4. The second kappa shape index (κ2) is 8.65. The van der Waals surface area contributed by atoms with E-state index in [9.17, 15) is 14.9 Å². The van der Waals surface area contributed by atoms with Crippen molar-refractivity contribution in [2.45, 2.75) is 19.9 Å². The molecule has 0 aliphatic rings. The van der Waals surface area contributed by atoms with Gasteiger partial charge in [-0.1, -0.05) is 24.3 Å². The molecule has 2 N–H and O–H groups in total. The zero-order valence-electron chi connectivity index (χ0n) is 17.6. The third-order valence-electron chi connectivity index (χ3n) is 5.27. The lowest BCUT2D eigenvalue weighted by atomic mass is 10.1. The van der Waals surface area contributed by atoms with E-state index in [0.717, 1.165) is 28.2 Å². The lowest BCUT2D eigenvalue weighted by molar-refractivity contribution is 0.100. The molecule has 4 rings (SSSR count). The van der Waals surface area contributed by atoms with Gasteiger partial charge in [-0.05, 0) is 47.9 Å². The van der Waals surface area contributed by atoms with Crippen molar-refractivity contribution in [3.63, 3.8) is 0 Å². The van der Waals surface area contributed by atoms with Gasteiger partial charge in [0.05, 0.1) is 35.6 Å². The normalized spacial score (nSPS) is 10.8. The maximum absolute atomic E-state index is 13.5. The number of fused-ring (bicyclic) bond motifs is 1. The average Bonchev–Trinajstić information content (AvgIpc) is 3.13. The molecule has 0 bridgehead atoms. The van der Waals surface area contributed by atoms with Crippen LogP contribution >= 0.6 is 11.3 Å². The number of carbonyl (C=O) groups excluding carboxylic acids is 1. The van der Waals surface area contributed by atoms with Crippen LogP contribution in [0.2, 0.25) is 0 Å². The number of rotatable bonds is 6. The Labute approximate surface area is 188 Å². The summed E-state index contributed by atoms with van der Waals surface area (Å²) < 4.78 is 6.82. The van der Waals surface area contributed by atoms with Gasteiger partial charge >= 0.3 is 0 Å². The fraction of sp³-hybridized carbons (Fsp3) is 0.167. The van der Waals surface area contributed by atoms with Crippen molar-refractivity contribution in [2.75, 3.05) is 7.11 Å². The van der Waals surface area contributed by atoms with Crippen LogP contribution in [0.5, 0.6) is 5.75 Å². The van der Waals surface area contributed by atoms with E-state index in [2.05, 4.69) is 6.07 Å². The first-order valence-corrected chi connectivity index (χ1v) is 10.7. The molecule has 2 heterocycles. The predicted octanol–water partition coefficient (Wildman–Crippen LogP) is 3.38. The van der Waals surface area contributed by atoms with E-state index in [0.29, 0.717) is 38.5 Å². The van der Waals surface area contributed by atoms with E-state index in [4.69, 9.17) is 15.5 Å². The molecule has 2 aromatic carbocycles. The Hall–Kier alpha value is -3.96. The molecule has 160 valence electrons. The topological polar surface area (TPSA) is 111 Å². The van der Waals surface area contributed by atoms with Crippen LogP contribution in [0.25, 0.3) is 10.2 Å². The number of hydrogen-bond donors (Lipinski definition) is 1. The number of nitrogens with zero attached hydrogens (tertiary/aromatic N) is 3. The van der Waals surface area contributed by atoms with Gasteiger partial charge in [0.1, 0.15) is 16.4 Å². The van der Waals surface area contributed by atoms with Crippen LogP contribution in [0.1, 0.15) is 37.7 Å². The standard InChI is InChI=1S/C24H20N4O3S/c1-14-20-23(32-21(14)22(26)29)27-19(11-15-6-8-18(31-2)9-7-15)28(24(20)30)13-17-5-3-4-16(10-17)12-25/h3-10H,11,13H2,1-2H3,(H2,26,29). The van der Waals surface area contributed by atoms with Gasteiger partial charge in [-0.3, -0.25) is 14.2 Å². The van der Waals surface area contributed by atoms with Crippen LogP contribution in [-0.2, 0) is 13.0 Å². The van der Waals surface area contributed by atoms with Gasteiger partial charge in [-0.25, -0.2) is 4.98 Å². The van der Waals surface area contributed by atoms with Crippen LogP contribution < -0.4 is 16.0 Å². The highest BCUT2D eigenvalue weighted by molar-refractivity contribution is 7.20. The van der Waals surface area contributed by atoms with E-state index in [1.807, 2.05) is 30.3 Å². The summed E-state index contributed by atoms with van der Waals surface area (Å²) in [6.07, 6.45) is 0.413. The highest BCUT2D eigenvalue weighted by Gasteiger charge is 2.20. The first kappa shape index (κ1) is 21.3. The molecule has 32 heavy (non-hydrogen) atoms. The Morgan fingerprint density at radius 2 is 1.97 bits per heavy atom. The van der Waals surface area contributed by atoms with Crippen molar-refractivity contribution >= 4 is 27.5 Å². The maximum Gasteiger partial charge on any atom is 0.262 e. The molecule has 0 aliphatic heterocycles. The van der Waals surface area contributed by atoms with Crippen molar-refractivity contribution < 1.29 is 9.53 Å². The minimum Gasteiger partial charge on any atom is -0.497 e. The number of benzene rings is 2. The molecular formula is C24H20N4O3S. The molecule has 0 saturated heterocycles. The van der Waals surface area contributed by atoms with Crippen LogP contribution in [0.15, 0.2) is 53.3 Å². The van der Waals surface area contributed by atoms with Gasteiger partial charge in [0.2, 0.25) is 0 Å². The minimum atomic E-state index is -0.574. The quantitative estimate of drug-likeness (QED) is 0.490. The fourth-order valence-corrected chi connectivity index (χ4v) is 4.68. The molecule has 0 radical (unpaired) electrons. The highest BCUT2D eigenvalue weighted by atomic mass is 32.1. The number of nitrogens with two attached hydrogens (primary N) is 1. The first-order valence-electron chi connectivity index (χ1n) is 9.86. The molecule has 1 amide bonds. The molecule has 0 fully saturated rings. The lowest BCUT2D eigenvalue weighted by Crippen LogP contribution is -2.26. The predicted molar refractivity (Wildman–Crippen MR) is 123 cm³/mol. The Bertz CT molecular complexity index is 1430. The summed E-state index contributed by atoms with van der Waals surface area (Å²) in [4.78, 5) is 31.0. The summed E-state index contributed by atoms with van der Waals surface area (Å²) >= 11 is 1.14. The molecule has 8 heteroatoms. The third-order valence-corrected chi connectivity index (χ3v) is 6.47. The van der Waals surface area contributed by atoms with Crippen LogP contribution in [-0.4, -0.2) is 22.6 Å². The van der Waals surface area contributed by atoms with Crippen molar-refractivity contribution in [3.8, 4) is 11.8 Å². The molecule has 4 aromatic rings. The van der Waals surface area contributed by atoms with Crippen LogP contribution in [0.3, 0.4) is 0 Å². The number of thiophene rings is 1. The lowest BCUT2D eigenvalue weighted by Gasteiger charge is -2.13. The summed E-state index contributed by atoms with van der Waals surface area (Å²) in [5.41, 5.74) is 8.10. The Balaban J connectivity index is 1.88. The zero-order chi connectivity index (χ0) is 22.8. The summed E-state index contributed by atoms with van der Waals surface area (Å²) in [7, 11) is 1.60. The first-order chi connectivity index (χ1) is 15.4. The molecule has 0 unspecified atom stereocenters. The van der Waals surface area contributed by atoms with E-state index < -0.39 is 5.91 Å². The molecule has 0 atom stereocenters. The van der Waals surface area contributed by atoms with E-state index >= 15 is 0 Å². The smallest absolute Gasteiger partial charge is 0.262 e. The molecule has 0 aliphatic carbocycles. The van der Waals surface area contributed by atoms with E-state index in [-0.39, 0.29) is 12.1 Å². The molecule has 0 spiro atoms. The SMILES string of the molecule is COc1ccc(Cc2nc3sc(C(N)=O)c(C)c3c(=O)n2Cc2cccc(C#N)c2)cc1. The van der Waals surface area contributed by atoms with Gasteiger partial charge in [0.15, 0.2) is 0 Å². The number of amides is 1.